The molecule has 0 spiro atoms. The summed E-state index contributed by atoms with van der Waals surface area (Å²) in [5.41, 5.74) is -0.0267. The van der Waals surface area contributed by atoms with E-state index in [0.717, 1.165) is 31.6 Å². The smallest absolute Gasteiger partial charge is 0.258 e. The van der Waals surface area contributed by atoms with E-state index in [0.29, 0.717) is 18.4 Å². The lowest BCUT2D eigenvalue weighted by Gasteiger charge is -2.27. The van der Waals surface area contributed by atoms with Gasteiger partial charge >= 0.3 is 0 Å². The van der Waals surface area contributed by atoms with Gasteiger partial charge in [-0.2, -0.15) is 0 Å². The number of aromatic nitrogens is 1. The van der Waals surface area contributed by atoms with Crippen LogP contribution in [0.5, 0.6) is 0 Å². The summed E-state index contributed by atoms with van der Waals surface area (Å²) in [5, 5.41) is 4.86. The van der Waals surface area contributed by atoms with E-state index in [-0.39, 0.29) is 11.5 Å². The number of hydrogen-bond donors (Lipinski definition) is 1. The molecule has 1 aliphatic heterocycles. The quantitative estimate of drug-likeness (QED) is 0.908. The number of nitrogens with one attached hydrogen (secondary N) is 1. The van der Waals surface area contributed by atoms with Gasteiger partial charge in [0.15, 0.2) is 0 Å². The molecule has 2 heterocycles. The first-order valence-corrected chi connectivity index (χ1v) is 7.32. The molecule has 5 heteroatoms. The molecule has 0 saturated carbocycles. The molecule has 0 atom stereocenters. The fraction of sp³-hybridized carbons (Fsp3) is 0.375. The standard InChI is InChI=1S/C16H19N3O2/c20-15(18-11-7-17-8-12-18)6-10-19-9-5-13-3-1-2-4-14(13)16(19)21/h1-5,9,17H,6-8,10-12H2. The Morgan fingerprint density at radius 2 is 1.90 bits per heavy atom. The van der Waals surface area contributed by atoms with Crippen molar-refractivity contribution in [3.63, 3.8) is 0 Å². The Hall–Kier alpha value is -2.14. The highest BCUT2D eigenvalue weighted by molar-refractivity contribution is 5.81. The van der Waals surface area contributed by atoms with E-state index in [1.165, 1.54) is 0 Å². The maximum Gasteiger partial charge on any atom is 0.258 e. The van der Waals surface area contributed by atoms with Gasteiger partial charge in [-0.25, -0.2) is 0 Å². The Kier molecular flexibility index (Phi) is 4.01. The zero-order valence-electron chi connectivity index (χ0n) is 11.9. The van der Waals surface area contributed by atoms with E-state index in [4.69, 9.17) is 0 Å². The van der Waals surface area contributed by atoms with Crippen LogP contribution >= 0.6 is 0 Å². The van der Waals surface area contributed by atoms with Crippen molar-refractivity contribution in [2.45, 2.75) is 13.0 Å². The summed E-state index contributed by atoms with van der Waals surface area (Å²) in [7, 11) is 0. The highest BCUT2D eigenvalue weighted by atomic mass is 16.2. The van der Waals surface area contributed by atoms with Crippen molar-refractivity contribution in [3.8, 4) is 0 Å². The van der Waals surface area contributed by atoms with Crippen LogP contribution in [0.25, 0.3) is 10.8 Å². The largest absolute Gasteiger partial charge is 0.340 e. The molecular formula is C16H19N3O2. The topological polar surface area (TPSA) is 54.3 Å². The van der Waals surface area contributed by atoms with Crippen LogP contribution < -0.4 is 10.9 Å². The molecule has 1 N–H and O–H groups in total. The Morgan fingerprint density at radius 1 is 1.14 bits per heavy atom. The van der Waals surface area contributed by atoms with Gasteiger partial charge in [0.2, 0.25) is 5.91 Å². The molecule has 5 nitrogen and oxygen atoms in total. The number of carbonyl (C=O) groups excluding carboxylic acids is 1. The second kappa shape index (κ2) is 6.10. The number of fused-ring (bicyclic) bond motifs is 1. The molecule has 1 amide bonds. The van der Waals surface area contributed by atoms with Crippen LogP contribution in [0.1, 0.15) is 6.42 Å². The lowest BCUT2D eigenvalue weighted by atomic mass is 10.2. The monoisotopic (exact) mass is 285 g/mol. The number of aryl methyl sites for hydroxylation is 1. The number of benzene rings is 1. The van der Waals surface area contributed by atoms with Crippen molar-refractivity contribution < 1.29 is 4.79 Å². The zero-order valence-corrected chi connectivity index (χ0v) is 11.9. The van der Waals surface area contributed by atoms with E-state index in [2.05, 4.69) is 5.32 Å². The molecule has 1 fully saturated rings. The summed E-state index contributed by atoms with van der Waals surface area (Å²) in [5.74, 6) is 0.122. The SMILES string of the molecule is O=C(CCn1ccc2ccccc2c1=O)N1CCNCC1. The van der Waals surface area contributed by atoms with Gasteiger partial charge in [-0.1, -0.05) is 18.2 Å². The fourth-order valence-corrected chi connectivity index (χ4v) is 2.69. The van der Waals surface area contributed by atoms with E-state index in [9.17, 15) is 9.59 Å². The third-order valence-corrected chi connectivity index (χ3v) is 3.92. The highest BCUT2D eigenvalue weighted by Gasteiger charge is 2.16. The number of rotatable bonds is 3. The second-order valence-electron chi connectivity index (χ2n) is 5.28. The van der Waals surface area contributed by atoms with E-state index in [1.807, 2.05) is 35.2 Å². The van der Waals surface area contributed by atoms with Crippen LogP contribution in [0, 0.1) is 0 Å². The molecule has 0 radical (unpaired) electrons. The maximum absolute atomic E-state index is 12.3. The molecule has 0 unspecified atom stereocenters. The van der Waals surface area contributed by atoms with Crippen LogP contribution in [-0.2, 0) is 11.3 Å². The Morgan fingerprint density at radius 3 is 2.71 bits per heavy atom. The number of carbonyl (C=O) groups is 1. The van der Waals surface area contributed by atoms with Gasteiger partial charge < -0.3 is 14.8 Å². The third kappa shape index (κ3) is 2.97. The van der Waals surface area contributed by atoms with Gasteiger partial charge in [-0.15, -0.1) is 0 Å². The predicted octanol–water partition coefficient (Wildman–Crippen LogP) is 0.823. The van der Waals surface area contributed by atoms with Gasteiger partial charge in [0.05, 0.1) is 0 Å². The number of pyridine rings is 1. The summed E-state index contributed by atoms with van der Waals surface area (Å²) in [6.45, 7) is 3.65. The Bertz CT molecular complexity index is 702. The van der Waals surface area contributed by atoms with Gasteiger partial charge in [-0.05, 0) is 17.5 Å². The fourth-order valence-electron chi connectivity index (χ4n) is 2.69. The lowest BCUT2D eigenvalue weighted by Crippen LogP contribution is -2.46. The minimum atomic E-state index is -0.0267. The van der Waals surface area contributed by atoms with Crippen molar-refractivity contribution in [3.05, 3.63) is 46.9 Å². The summed E-state index contributed by atoms with van der Waals surface area (Å²) in [6, 6.07) is 9.45. The lowest BCUT2D eigenvalue weighted by molar-refractivity contribution is -0.132. The first kappa shape index (κ1) is 13.8. The zero-order chi connectivity index (χ0) is 14.7. The van der Waals surface area contributed by atoms with Crippen LogP contribution in [0.15, 0.2) is 41.3 Å². The molecule has 1 aliphatic rings. The average molecular weight is 285 g/mol. The molecule has 1 aromatic heterocycles. The maximum atomic E-state index is 12.3. The molecule has 2 aromatic rings. The normalized spacial score (nSPS) is 15.3. The minimum absolute atomic E-state index is 0.0267. The van der Waals surface area contributed by atoms with E-state index in [1.54, 1.807) is 10.8 Å². The molecule has 3 rings (SSSR count). The average Bonchev–Trinajstić information content (AvgIpc) is 2.55. The van der Waals surface area contributed by atoms with E-state index < -0.39 is 0 Å². The molecule has 0 bridgehead atoms. The summed E-state index contributed by atoms with van der Waals surface area (Å²) in [4.78, 5) is 26.3. The summed E-state index contributed by atoms with van der Waals surface area (Å²) < 4.78 is 1.63. The molecule has 21 heavy (non-hydrogen) atoms. The van der Waals surface area contributed by atoms with Gasteiger partial charge in [0.25, 0.3) is 5.56 Å². The van der Waals surface area contributed by atoms with Crippen molar-refractivity contribution in [1.82, 2.24) is 14.8 Å². The first-order chi connectivity index (χ1) is 10.3. The van der Waals surface area contributed by atoms with Crippen molar-refractivity contribution in [2.24, 2.45) is 0 Å². The minimum Gasteiger partial charge on any atom is -0.340 e. The van der Waals surface area contributed by atoms with Crippen LogP contribution in [-0.4, -0.2) is 41.6 Å². The van der Waals surface area contributed by atoms with Crippen molar-refractivity contribution in [2.75, 3.05) is 26.2 Å². The third-order valence-electron chi connectivity index (χ3n) is 3.92. The Labute approximate surface area is 123 Å². The summed E-state index contributed by atoms with van der Waals surface area (Å²) >= 11 is 0. The molecular weight excluding hydrogens is 266 g/mol. The Balaban J connectivity index is 1.72. The first-order valence-electron chi connectivity index (χ1n) is 7.32. The van der Waals surface area contributed by atoms with Gasteiger partial charge in [-0.3, -0.25) is 9.59 Å². The summed E-state index contributed by atoms with van der Waals surface area (Å²) in [6.07, 6.45) is 2.15. The van der Waals surface area contributed by atoms with Gasteiger partial charge in [0, 0.05) is 50.7 Å². The molecule has 110 valence electrons. The van der Waals surface area contributed by atoms with Gasteiger partial charge in [0.1, 0.15) is 0 Å². The van der Waals surface area contributed by atoms with Crippen LogP contribution in [0.4, 0.5) is 0 Å². The van der Waals surface area contributed by atoms with Crippen LogP contribution in [0.3, 0.4) is 0 Å². The van der Waals surface area contributed by atoms with Crippen LogP contribution in [0.2, 0.25) is 0 Å². The molecule has 0 aliphatic carbocycles. The second-order valence-corrected chi connectivity index (χ2v) is 5.28. The number of nitrogens with zero attached hydrogens (tertiary/aromatic N) is 2. The number of piperazine rings is 1. The molecule has 1 saturated heterocycles. The van der Waals surface area contributed by atoms with Crippen molar-refractivity contribution >= 4 is 16.7 Å². The number of amides is 1. The van der Waals surface area contributed by atoms with E-state index >= 15 is 0 Å². The van der Waals surface area contributed by atoms with Crippen molar-refractivity contribution in [1.29, 1.82) is 0 Å². The number of hydrogen-bond acceptors (Lipinski definition) is 3. The molecule has 1 aromatic carbocycles. The highest BCUT2D eigenvalue weighted by Crippen LogP contribution is 2.08. The predicted molar refractivity (Wildman–Crippen MR) is 82.3 cm³/mol.